The fourth-order valence-electron chi connectivity index (χ4n) is 2.65. The fraction of sp³-hybridized carbons (Fsp3) is 0.400. The van der Waals surface area contributed by atoms with E-state index in [2.05, 4.69) is 65.5 Å². The molecular formula is C20H29N5. The Kier molecular flexibility index (Phi) is 7.41. The van der Waals surface area contributed by atoms with Gasteiger partial charge in [0.2, 0.25) is 0 Å². The molecular weight excluding hydrogens is 310 g/mol. The molecule has 0 spiro atoms. The smallest absolute Gasteiger partial charge is 0.188 e. The van der Waals surface area contributed by atoms with Gasteiger partial charge in [-0.15, -0.1) is 0 Å². The predicted octanol–water partition coefficient (Wildman–Crippen LogP) is 2.39. The fourth-order valence-corrected chi connectivity index (χ4v) is 2.65. The molecule has 1 aromatic carbocycles. The zero-order valence-electron chi connectivity index (χ0n) is 15.4. The normalized spacial score (nSPS) is 13.0. The highest BCUT2D eigenvalue weighted by Crippen LogP contribution is 2.19. The Balaban J connectivity index is 1.88. The maximum atomic E-state index is 6.01. The number of aromatic nitrogens is 1. The third-order valence-corrected chi connectivity index (χ3v) is 4.24. The Labute approximate surface area is 151 Å². The summed E-state index contributed by atoms with van der Waals surface area (Å²) >= 11 is 0. The van der Waals surface area contributed by atoms with Gasteiger partial charge in [0.1, 0.15) is 0 Å². The van der Waals surface area contributed by atoms with Crippen molar-refractivity contribution in [2.24, 2.45) is 10.7 Å². The summed E-state index contributed by atoms with van der Waals surface area (Å²) in [5.74, 6) is 0.480. The molecule has 1 heterocycles. The molecule has 3 N–H and O–H groups in total. The first-order valence-electron chi connectivity index (χ1n) is 8.79. The summed E-state index contributed by atoms with van der Waals surface area (Å²) in [7, 11) is 4.14. The van der Waals surface area contributed by atoms with Crippen LogP contribution in [0.1, 0.15) is 29.8 Å². The number of benzene rings is 1. The summed E-state index contributed by atoms with van der Waals surface area (Å²) in [5.41, 5.74) is 9.66. The molecule has 0 saturated carbocycles. The average Bonchev–Trinajstić information content (AvgIpc) is 2.63. The Morgan fingerprint density at radius 3 is 2.56 bits per heavy atom. The highest BCUT2D eigenvalue weighted by molar-refractivity contribution is 5.77. The lowest BCUT2D eigenvalue weighted by molar-refractivity contribution is 0.306. The number of rotatable bonds is 8. The number of aryl methyl sites for hydroxylation is 1. The molecule has 25 heavy (non-hydrogen) atoms. The molecule has 0 fully saturated rings. The third kappa shape index (κ3) is 6.19. The van der Waals surface area contributed by atoms with Gasteiger partial charge in [-0.2, -0.15) is 0 Å². The van der Waals surface area contributed by atoms with E-state index < -0.39 is 0 Å². The van der Waals surface area contributed by atoms with E-state index in [1.165, 1.54) is 11.1 Å². The van der Waals surface area contributed by atoms with Crippen molar-refractivity contribution in [3.63, 3.8) is 0 Å². The molecule has 5 heteroatoms. The maximum Gasteiger partial charge on any atom is 0.188 e. The number of aliphatic imine (C=N–C) groups is 1. The van der Waals surface area contributed by atoms with E-state index in [0.29, 0.717) is 12.5 Å². The first-order valence-corrected chi connectivity index (χ1v) is 8.79. The SMILES string of the molecule is CCc1ccc(C(CN=C(N)NCCc2ccccn2)N(C)C)cc1. The largest absolute Gasteiger partial charge is 0.370 e. The molecule has 0 aliphatic carbocycles. The Morgan fingerprint density at radius 1 is 1.20 bits per heavy atom. The molecule has 0 amide bonds. The van der Waals surface area contributed by atoms with E-state index >= 15 is 0 Å². The molecule has 0 saturated heterocycles. The second-order valence-electron chi connectivity index (χ2n) is 6.30. The van der Waals surface area contributed by atoms with Gasteiger partial charge in [-0.1, -0.05) is 37.3 Å². The van der Waals surface area contributed by atoms with Crippen LogP contribution < -0.4 is 11.1 Å². The quantitative estimate of drug-likeness (QED) is 0.572. The van der Waals surface area contributed by atoms with Crippen LogP contribution in [0.15, 0.2) is 53.7 Å². The van der Waals surface area contributed by atoms with E-state index in [1.807, 2.05) is 18.2 Å². The van der Waals surface area contributed by atoms with Gasteiger partial charge < -0.3 is 16.0 Å². The summed E-state index contributed by atoms with van der Waals surface area (Å²) in [5, 5.41) is 3.16. The summed E-state index contributed by atoms with van der Waals surface area (Å²) in [6.07, 6.45) is 3.68. The topological polar surface area (TPSA) is 66.5 Å². The van der Waals surface area contributed by atoms with Crippen molar-refractivity contribution in [2.45, 2.75) is 25.8 Å². The highest BCUT2D eigenvalue weighted by Gasteiger charge is 2.13. The van der Waals surface area contributed by atoms with Crippen molar-refractivity contribution >= 4 is 5.96 Å². The first-order chi connectivity index (χ1) is 12.1. The summed E-state index contributed by atoms with van der Waals surface area (Å²) in [6, 6.07) is 14.9. The summed E-state index contributed by atoms with van der Waals surface area (Å²) < 4.78 is 0. The molecule has 5 nitrogen and oxygen atoms in total. The first kappa shape index (κ1) is 18.9. The number of likely N-dealkylation sites (N-methyl/N-ethyl adjacent to an activating group) is 1. The number of pyridine rings is 1. The number of hydrogen-bond acceptors (Lipinski definition) is 3. The van der Waals surface area contributed by atoms with Crippen LogP contribution in [0.3, 0.4) is 0 Å². The Bertz CT molecular complexity index is 650. The summed E-state index contributed by atoms with van der Waals surface area (Å²) in [4.78, 5) is 11.0. The van der Waals surface area contributed by atoms with Crippen molar-refractivity contribution in [3.05, 3.63) is 65.5 Å². The lowest BCUT2D eigenvalue weighted by Crippen LogP contribution is -2.34. The minimum atomic E-state index is 0.210. The monoisotopic (exact) mass is 339 g/mol. The minimum absolute atomic E-state index is 0.210. The molecule has 0 aliphatic rings. The molecule has 2 rings (SSSR count). The summed E-state index contributed by atoms with van der Waals surface area (Å²) in [6.45, 7) is 3.52. The van der Waals surface area contributed by atoms with Crippen molar-refractivity contribution in [1.82, 2.24) is 15.2 Å². The minimum Gasteiger partial charge on any atom is -0.370 e. The lowest BCUT2D eigenvalue weighted by atomic mass is 10.0. The van der Waals surface area contributed by atoms with Crippen molar-refractivity contribution in [3.8, 4) is 0 Å². The average molecular weight is 339 g/mol. The zero-order chi connectivity index (χ0) is 18.1. The van der Waals surface area contributed by atoms with Gasteiger partial charge in [0.05, 0.1) is 12.6 Å². The number of nitrogens with one attached hydrogen (secondary N) is 1. The zero-order valence-corrected chi connectivity index (χ0v) is 15.4. The molecule has 2 aromatic rings. The van der Waals surface area contributed by atoms with E-state index in [4.69, 9.17) is 5.73 Å². The standard InChI is InChI=1S/C20H29N5/c1-4-16-8-10-17(11-9-16)19(25(2)3)15-24-20(21)23-14-12-18-7-5-6-13-22-18/h5-11,13,19H,4,12,14-15H2,1-3H3,(H3,21,23,24). The Hall–Kier alpha value is -2.40. The second-order valence-corrected chi connectivity index (χ2v) is 6.30. The van der Waals surface area contributed by atoms with Gasteiger partial charge >= 0.3 is 0 Å². The van der Waals surface area contributed by atoms with Crippen LogP contribution in [0, 0.1) is 0 Å². The van der Waals surface area contributed by atoms with Crippen molar-refractivity contribution in [2.75, 3.05) is 27.2 Å². The van der Waals surface area contributed by atoms with Crippen LogP contribution in [0.25, 0.3) is 0 Å². The van der Waals surface area contributed by atoms with Crippen LogP contribution in [-0.2, 0) is 12.8 Å². The lowest BCUT2D eigenvalue weighted by Gasteiger charge is -2.23. The van der Waals surface area contributed by atoms with Crippen LogP contribution in [0.5, 0.6) is 0 Å². The molecule has 0 bridgehead atoms. The van der Waals surface area contributed by atoms with Gasteiger partial charge in [0.25, 0.3) is 0 Å². The number of hydrogen-bond donors (Lipinski definition) is 2. The van der Waals surface area contributed by atoms with Crippen molar-refractivity contribution < 1.29 is 0 Å². The Morgan fingerprint density at radius 2 is 1.96 bits per heavy atom. The van der Waals surface area contributed by atoms with Gasteiger partial charge in [0.15, 0.2) is 5.96 Å². The highest BCUT2D eigenvalue weighted by atomic mass is 15.1. The van der Waals surface area contributed by atoms with Crippen LogP contribution in [-0.4, -0.2) is 43.0 Å². The molecule has 0 aliphatic heterocycles. The molecule has 1 aromatic heterocycles. The number of guanidine groups is 1. The van der Waals surface area contributed by atoms with Crippen LogP contribution in [0.2, 0.25) is 0 Å². The van der Waals surface area contributed by atoms with E-state index in [1.54, 1.807) is 6.20 Å². The van der Waals surface area contributed by atoms with Gasteiger partial charge in [-0.3, -0.25) is 9.98 Å². The van der Waals surface area contributed by atoms with Crippen LogP contribution in [0.4, 0.5) is 0 Å². The van der Waals surface area contributed by atoms with Crippen molar-refractivity contribution in [1.29, 1.82) is 0 Å². The molecule has 1 unspecified atom stereocenters. The molecule has 134 valence electrons. The maximum absolute atomic E-state index is 6.01. The third-order valence-electron chi connectivity index (χ3n) is 4.24. The van der Waals surface area contributed by atoms with Gasteiger partial charge in [0, 0.05) is 24.9 Å². The van der Waals surface area contributed by atoms with E-state index in [-0.39, 0.29) is 6.04 Å². The predicted molar refractivity (Wildman–Crippen MR) is 105 cm³/mol. The van der Waals surface area contributed by atoms with Gasteiger partial charge in [-0.25, -0.2) is 0 Å². The number of nitrogens with two attached hydrogens (primary N) is 1. The number of nitrogens with zero attached hydrogens (tertiary/aromatic N) is 3. The van der Waals surface area contributed by atoms with Crippen LogP contribution >= 0.6 is 0 Å². The van der Waals surface area contributed by atoms with Gasteiger partial charge in [-0.05, 0) is 43.8 Å². The van der Waals surface area contributed by atoms with E-state index in [0.717, 1.165) is 25.1 Å². The molecule has 0 radical (unpaired) electrons. The van der Waals surface area contributed by atoms with E-state index in [9.17, 15) is 0 Å². The molecule has 1 atom stereocenters. The second kappa shape index (κ2) is 9.79.